The Kier molecular flexibility index (Phi) is 4.09. The van der Waals surface area contributed by atoms with Crippen LogP contribution in [0.15, 0.2) is 24.4 Å². The third-order valence-corrected chi connectivity index (χ3v) is 2.15. The third kappa shape index (κ3) is 2.82. The highest BCUT2D eigenvalue weighted by Gasteiger charge is 2.10. The quantitative estimate of drug-likeness (QED) is 0.788. The molecule has 0 spiro atoms. The number of nitrogens with one attached hydrogen (secondary N) is 1. The Labute approximate surface area is 84.8 Å². The van der Waals surface area contributed by atoms with E-state index in [1.54, 1.807) is 6.20 Å². The smallest absolute Gasteiger partial charge is 0.0955 e. The Morgan fingerprint density at radius 1 is 1.57 bits per heavy atom. The van der Waals surface area contributed by atoms with E-state index in [0.717, 1.165) is 12.1 Å². The van der Waals surface area contributed by atoms with Crippen LogP contribution in [0.2, 0.25) is 0 Å². The van der Waals surface area contributed by atoms with Gasteiger partial charge in [-0.1, -0.05) is 13.0 Å². The number of hydrogen-bond acceptors (Lipinski definition) is 3. The molecule has 0 bridgehead atoms. The fraction of sp³-hybridized carbons (Fsp3) is 0.455. The van der Waals surface area contributed by atoms with E-state index < -0.39 is 0 Å². The maximum Gasteiger partial charge on any atom is 0.0955 e. The van der Waals surface area contributed by atoms with E-state index in [-0.39, 0.29) is 12.1 Å². The van der Waals surface area contributed by atoms with Gasteiger partial charge in [-0.2, -0.15) is 5.26 Å². The number of rotatable bonds is 4. The van der Waals surface area contributed by atoms with Crippen LogP contribution in [0.25, 0.3) is 0 Å². The summed E-state index contributed by atoms with van der Waals surface area (Å²) in [6, 6.07) is 8.05. The van der Waals surface area contributed by atoms with Crippen molar-refractivity contribution in [2.45, 2.75) is 32.4 Å². The molecule has 0 aliphatic carbocycles. The lowest BCUT2D eigenvalue weighted by atomic mass is 10.1. The van der Waals surface area contributed by atoms with Crippen molar-refractivity contribution in [2.24, 2.45) is 0 Å². The number of hydrogen-bond donors (Lipinski definition) is 1. The van der Waals surface area contributed by atoms with Gasteiger partial charge in [-0.05, 0) is 25.5 Å². The molecule has 1 aromatic heterocycles. The summed E-state index contributed by atoms with van der Waals surface area (Å²) < 4.78 is 0. The summed E-state index contributed by atoms with van der Waals surface area (Å²) >= 11 is 0. The van der Waals surface area contributed by atoms with E-state index in [9.17, 15) is 0 Å². The predicted octanol–water partition coefficient (Wildman–Crippen LogP) is 2.03. The van der Waals surface area contributed by atoms with Crippen LogP contribution in [0.5, 0.6) is 0 Å². The Balaban J connectivity index is 2.59. The zero-order chi connectivity index (χ0) is 10.4. The van der Waals surface area contributed by atoms with E-state index in [1.165, 1.54) is 0 Å². The van der Waals surface area contributed by atoms with Gasteiger partial charge in [0.05, 0.1) is 17.8 Å². The minimum Gasteiger partial charge on any atom is -0.294 e. The molecule has 3 heteroatoms. The molecule has 1 unspecified atom stereocenters. The summed E-state index contributed by atoms with van der Waals surface area (Å²) in [6.45, 7) is 4.01. The predicted molar refractivity (Wildman–Crippen MR) is 55.5 cm³/mol. The van der Waals surface area contributed by atoms with Crippen LogP contribution >= 0.6 is 0 Å². The first kappa shape index (κ1) is 10.7. The molecule has 0 saturated heterocycles. The topological polar surface area (TPSA) is 48.7 Å². The number of aromatic nitrogens is 1. The molecule has 1 rings (SSSR count). The van der Waals surface area contributed by atoms with Gasteiger partial charge in [-0.3, -0.25) is 10.3 Å². The number of pyridine rings is 1. The normalized spacial score (nSPS) is 14.4. The lowest BCUT2D eigenvalue weighted by molar-refractivity contribution is 0.500. The Morgan fingerprint density at radius 3 is 2.86 bits per heavy atom. The van der Waals surface area contributed by atoms with Gasteiger partial charge < -0.3 is 0 Å². The van der Waals surface area contributed by atoms with Crippen LogP contribution in [0, 0.1) is 11.3 Å². The van der Waals surface area contributed by atoms with Crippen LogP contribution in [0.1, 0.15) is 32.0 Å². The Hall–Kier alpha value is -1.40. The molecule has 0 fully saturated rings. The van der Waals surface area contributed by atoms with Crippen LogP contribution < -0.4 is 5.32 Å². The molecule has 0 saturated carbocycles. The molecular formula is C11H15N3. The Bertz CT molecular complexity index is 302. The first-order valence-electron chi connectivity index (χ1n) is 4.84. The second kappa shape index (κ2) is 5.36. The average Bonchev–Trinajstić information content (AvgIpc) is 2.26. The van der Waals surface area contributed by atoms with E-state index in [1.807, 2.05) is 32.0 Å². The summed E-state index contributed by atoms with van der Waals surface area (Å²) in [6.07, 6.45) is 2.58. The van der Waals surface area contributed by atoms with Crippen LogP contribution in [0.3, 0.4) is 0 Å². The van der Waals surface area contributed by atoms with E-state index in [0.29, 0.717) is 0 Å². The van der Waals surface area contributed by atoms with Crippen molar-refractivity contribution in [3.8, 4) is 6.07 Å². The molecule has 0 aliphatic rings. The van der Waals surface area contributed by atoms with Gasteiger partial charge in [-0.15, -0.1) is 0 Å². The molecule has 0 radical (unpaired) electrons. The van der Waals surface area contributed by atoms with E-state index in [4.69, 9.17) is 5.26 Å². The first-order valence-corrected chi connectivity index (χ1v) is 4.84. The van der Waals surface area contributed by atoms with E-state index in [2.05, 4.69) is 16.4 Å². The van der Waals surface area contributed by atoms with Gasteiger partial charge in [0.15, 0.2) is 0 Å². The van der Waals surface area contributed by atoms with Gasteiger partial charge >= 0.3 is 0 Å². The van der Waals surface area contributed by atoms with Gasteiger partial charge in [0, 0.05) is 12.2 Å². The van der Waals surface area contributed by atoms with Crippen LogP contribution in [0.4, 0.5) is 0 Å². The van der Waals surface area contributed by atoms with Gasteiger partial charge in [0.2, 0.25) is 0 Å². The second-order valence-electron chi connectivity index (χ2n) is 3.23. The Morgan fingerprint density at radius 2 is 2.36 bits per heavy atom. The zero-order valence-electron chi connectivity index (χ0n) is 8.57. The van der Waals surface area contributed by atoms with Crippen molar-refractivity contribution in [1.82, 2.24) is 10.3 Å². The standard InChI is InChI=1S/C11H15N3/c1-3-10(8-12)14-9(2)11-6-4-5-7-13-11/h4-7,9-10,14H,3H2,1-2H3/t9-,10?/m0/s1. The summed E-state index contributed by atoms with van der Waals surface area (Å²) in [5.41, 5.74) is 0.973. The highest BCUT2D eigenvalue weighted by atomic mass is 15.0. The summed E-state index contributed by atoms with van der Waals surface area (Å²) in [5, 5.41) is 12.0. The summed E-state index contributed by atoms with van der Waals surface area (Å²) in [7, 11) is 0. The molecule has 74 valence electrons. The van der Waals surface area contributed by atoms with Gasteiger partial charge in [0.1, 0.15) is 0 Å². The average molecular weight is 189 g/mol. The molecule has 1 aromatic rings. The molecule has 0 aliphatic heterocycles. The summed E-state index contributed by atoms with van der Waals surface area (Å²) in [4.78, 5) is 4.23. The largest absolute Gasteiger partial charge is 0.294 e. The SMILES string of the molecule is CCC(C#N)N[C@@H](C)c1ccccn1. The van der Waals surface area contributed by atoms with Crippen molar-refractivity contribution in [3.63, 3.8) is 0 Å². The second-order valence-corrected chi connectivity index (χ2v) is 3.23. The maximum atomic E-state index is 8.79. The number of nitrogens with zero attached hydrogens (tertiary/aromatic N) is 2. The zero-order valence-corrected chi connectivity index (χ0v) is 8.57. The first-order chi connectivity index (χ1) is 6.77. The van der Waals surface area contributed by atoms with Gasteiger partial charge in [0.25, 0.3) is 0 Å². The van der Waals surface area contributed by atoms with Crippen molar-refractivity contribution < 1.29 is 0 Å². The van der Waals surface area contributed by atoms with Crippen LogP contribution in [-0.4, -0.2) is 11.0 Å². The molecule has 3 nitrogen and oxygen atoms in total. The molecule has 2 atom stereocenters. The maximum absolute atomic E-state index is 8.79. The third-order valence-electron chi connectivity index (χ3n) is 2.15. The van der Waals surface area contributed by atoms with Crippen molar-refractivity contribution in [2.75, 3.05) is 0 Å². The van der Waals surface area contributed by atoms with E-state index >= 15 is 0 Å². The molecule has 1 N–H and O–H groups in total. The molecule has 0 amide bonds. The molecule has 0 aromatic carbocycles. The molecule has 1 heterocycles. The lowest BCUT2D eigenvalue weighted by Crippen LogP contribution is -2.29. The highest BCUT2D eigenvalue weighted by Crippen LogP contribution is 2.09. The highest BCUT2D eigenvalue weighted by molar-refractivity contribution is 5.08. The molecular weight excluding hydrogens is 174 g/mol. The fourth-order valence-electron chi connectivity index (χ4n) is 1.27. The monoisotopic (exact) mass is 189 g/mol. The van der Waals surface area contributed by atoms with Crippen LogP contribution in [-0.2, 0) is 0 Å². The molecule has 14 heavy (non-hydrogen) atoms. The van der Waals surface area contributed by atoms with Crippen molar-refractivity contribution in [1.29, 1.82) is 5.26 Å². The summed E-state index contributed by atoms with van der Waals surface area (Å²) in [5.74, 6) is 0. The minimum atomic E-state index is -0.0907. The lowest BCUT2D eigenvalue weighted by Gasteiger charge is -2.16. The van der Waals surface area contributed by atoms with Crippen molar-refractivity contribution in [3.05, 3.63) is 30.1 Å². The van der Waals surface area contributed by atoms with Crippen molar-refractivity contribution >= 4 is 0 Å². The number of nitriles is 1. The minimum absolute atomic E-state index is 0.0907. The fourth-order valence-corrected chi connectivity index (χ4v) is 1.27. The van der Waals surface area contributed by atoms with Gasteiger partial charge in [-0.25, -0.2) is 0 Å².